The number of amides is 1. The normalized spacial score (nSPS) is 9.14. The molecule has 0 saturated carbocycles. The summed E-state index contributed by atoms with van der Waals surface area (Å²) in [4.78, 5) is 26.8. The number of carbonyl (C=O) groups is 1. The maximum absolute atomic E-state index is 11.6. The number of pyridine rings is 1. The number of aromatic nitrogens is 1. The molecule has 1 aromatic rings. The largest absolute Gasteiger partial charge is 0.367 e. The first-order valence-corrected chi connectivity index (χ1v) is 4.03. The molecule has 0 spiro atoms. The molecule has 0 aliphatic heterocycles. The quantitative estimate of drug-likeness (QED) is 0.671. The first-order valence-electron chi connectivity index (χ1n) is 4.03. The number of hydrogen-bond donors (Lipinski definition) is 1. The Hall–Kier alpha value is -2.02. The summed E-state index contributed by atoms with van der Waals surface area (Å²) in [5.41, 5.74) is -0.206. The molecule has 1 N–H and O–H groups in total. The summed E-state index contributed by atoms with van der Waals surface area (Å²) in [5.74, 6) is 1.96. The first kappa shape index (κ1) is 10.1. The van der Waals surface area contributed by atoms with E-state index in [1.54, 1.807) is 7.05 Å². The first-order chi connectivity index (χ1) is 6.66. The summed E-state index contributed by atoms with van der Waals surface area (Å²) in [7, 11) is 1.55. The number of hydrogen-bond acceptors (Lipinski definition) is 2. The van der Waals surface area contributed by atoms with Gasteiger partial charge in [0, 0.05) is 25.5 Å². The van der Waals surface area contributed by atoms with Crippen LogP contribution in [0.5, 0.6) is 0 Å². The Morgan fingerprint density at radius 2 is 2.43 bits per heavy atom. The number of H-pyrrole nitrogens is 1. The van der Waals surface area contributed by atoms with Crippen LogP contribution in [0.15, 0.2) is 23.3 Å². The van der Waals surface area contributed by atoms with Crippen LogP contribution in [0.1, 0.15) is 10.4 Å². The number of terminal acetylenes is 1. The van der Waals surface area contributed by atoms with Gasteiger partial charge in [0.05, 0.1) is 6.54 Å². The van der Waals surface area contributed by atoms with Crippen LogP contribution in [0.25, 0.3) is 0 Å². The number of aromatic amines is 1. The van der Waals surface area contributed by atoms with Crippen molar-refractivity contribution in [3.63, 3.8) is 0 Å². The number of nitrogens with one attached hydrogen (secondary N) is 1. The van der Waals surface area contributed by atoms with Crippen molar-refractivity contribution in [3.8, 4) is 12.3 Å². The zero-order valence-electron chi connectivity index (χ0n) is 7.78. The third kappa shape index (κ3) is 2.02. The van der Waals surface area contributed by atoms with Crippen LogP contribution in [0.4, 0.5) is 0 Å². The molecular formula is C10H10N2O2. The summed E-state index contributed by atoms with van der Waals surface area (Å²) in [6.07, 6.45) is 7.90. The van der Waals surface area contributed by atoms with Crippen molar-refractivity contribution in [3.05, 3.63) is 34.2 Å². The van der Waals surface area contributed by atoms with Crippen LogP contribution in [-0.4, -0.2) is 29.4 Å². The SMILES string of the molecule is C#CCN(C)C(=O)c1c[nH]ccc1=O. The second-order valence-electron chi connectivity index (χ2n) is 2.79. The Balaban J connectivity index is 2.97. The average Bonchev–Trinajstić information content (AvgIpc) is 2.18. The van der Waals surface area contributed by atoms with Crippen LogP contribution >= 0.6 is 0 Å². The van der Waals surface area contributed by atoms with Gasteiger partial charge in [0.1, 0.15) is 5.56 Å². The van der Waals surface area contributed by atoms with Crippen molar-refractivity contribution in [1.82, 2.24) is 9.88 Å². The molecule has 72 valence electrons. The van der Waals surface area contributed by atoms with Crippen molar-refractivity contribution < 1.29 is 4.79 Å². The van der Waals surface area contributed by atoms with E-state index >= 15 is 0 Å². The fourth-order valence-electron chi connectivity index (χ4n) is 0.998. The zero-order valence-corrected chi connectivity index (χ0v) is 7.78. The second kappa shape index (κ2) is 4.28. The lowest BCUT2D eigenvalue weighted by Crippen LogP contribution is -2.30. The van der Waals surface area contributed by atoms with Gasteiger partial charge in [-0.1, -0.05) is 5.92 Å². The Labute approximate surface area is 81.6 Å². The molecule has 0 saturated heterocycles. The van der Waals surface area contributed by atoms with Crippen LogP contribution in [-0.2, 0) is 0 Å². The molecule has 0 aliphatic carbocycles. The Morgan fingerprint density at radius 1 is 1.71 bits per heavy atom. The fraction of sp³-hybridized carbons (Fsp3) is 0.200. The van der Waals surface area contributed by atoms with Gasteiger partial charge in [-0.2, -0.15) is 0 Å². The molecule has 1 amide bonds. The number of rotatable bonds is 2. The van der Waals surface area contributed by atoms with Gasteiger partial charge in [-0.15, -0.1) is 6.42 Å². The molecule has 0 bridgehead atoms. The van der Waals surface area contributed by atoms with Gasteiger partial charge in [0.2, 0.25) is 0 Å². The molecule has 0 aliphatic rings. The van der Waals surface area contributed by atoms with Crippen LogP contribution in [0, 0.1) is 12.3 Å². The smallest absolute Gasteiger partial charge is 0.259 e. The molecule has 1 aromatic heterocycles. The van der Waals surface area contributed by atoms with E-state index in [-0.39, 0.29) is 23.4 Å². The van der Waals surface area contributed by atoms with E-state index in [9.17, 15) is 9.59 Å². The van der Waals surface area contributed by atoms with Gasteiger partial charge in [0.25, 0.3) is 5.91 Å². The van der Waals surface area contributed by atoms with Crippen LogP contribution < -0.4 is 5.43 Å². The maximum Gasteiger partial charge on any atom is 0.259 e. The van der Waals surface area contributed by atoms with Crippen molar-refractivity contribution >= 4 is 5.91 Å². The van der Waals surface area contributed by atoms with Gasteiger partial charge >= 0.3 is 0 Å². The standard InChI is InChI=1S/C10H10N2O2/c1-3-6-12(2)10(14)8-7-11-5-4-9(8)13/h1,4-5,7H,6H2,2H3,(H,11,13). The molecule has 4 nitrogen and oxygen atoms in total. The van der Waals surface area contributed by atoms with Crippen LogP contribution in [0.3, 0.4) is 0 Å². The number of carbonyl (C=O) groups excluding carboxylic acids is 1. The van der Waals surface area contributed by atoms with E-state index in [4.69, 9.17) is 6.42 Å². The highest BCUT2D eigenvalue weighted by Gasteiger charge is 2.13. The van der Waals surface area contributed by atoms with E-state index in [1.807, 2.05) is 0 Å². The molecule has 0 radical (unpaired) electrons. The summed E-state index contributed by atoms with van der Waals surface area (Å²) in [5, 5.41) is 0. The van der Waals surface area contributed by atoms with Crippen molar-refractivity contribution in [2.45, 2.75) is 0 Å². The van der Waals surface area contributed by atoms with Crippen molar-refractivity contribution in [2.24, 2.45) is 0 Å². The van der Waals surface area contributed by atoms with Crippen molar-refractivity contribution in [1.29, 1.82) is 0 Å². The maximum atomic E-state index is 11.6. The van der Waals surface area contributed by atoms with Gasteiger partial charge in [-0.3, -0.25) is 9.59 Å². The Bertz CT molecular complexity index is 428. The summed E-state index contributed by atoms with van der Waals surface area (Å²) >= 11 is 0. The van der Waals surface area contributed by atoms with E-state index in [1.165, 1.54) is 23.4 Å². The van der Waals surface area contributed by atoms with E-state index < -0.39 is 0 Å². The Morgan fingerprint density at radius 3 is 3.00 bits per heavy atom. The average molecular weight is 190 g/mol. The molecule has 14 heavy (non-hydrogen) atoms. The zero-order chi connectivity index (χ0) is 10.6. The van der Waals surface area contributed by atoms with Crippen molar-refractivity contribution in [2.75, 3.05) is 13.6 Å². The molecule has 1 heterocycles. The Kier molecular flexibility index (Phi) is 3.08. The van der Waals surface area contributed by atoms with Gasteiger partial charge in [0.15, 0.2) is 5.43 Å². The summed E-state index contributed by atoms with van der Waals surface area (Å²) in [6.45, 7) is 0.188. The van der Waals surface area contributed by atoms with Gasteiger partial charge < -0.3 is 9.88 Å². The van der Waals surface area contributed by atoms with Gasteiger partial charge in [-0.25, -0.2) is 0 Å². The molecular weight excluding hydrogens is 180 g/mol. The molecule has 1 rings (SSSR count). The fourth-order valence-corrected chi connectivity index (χ4v) is 0.998. The second-order valence-corrected chi connectivity index (χ2v) is 2.79. The lowest BCUT2D eigenvalue weighted by atomic mass is 10.2. The highest BCUT2D eigenvalue weighted by Crippen LogP contribution is 1.94. The summed E-state index contributed by atoms with van der Waals surface area (Å²) < 4.78 is 0. The number of nitrogens with zero attached hydrogens (tertiary/aromatic N) is 1. The van der Waals surface area contributed by atoms with E-state index in [0.717, 1.165) is 0 Å². The molecule has 0 aromatic carbocycles. The molecule has 4 heteroatoms. The van der Waals surface area contributed by atoms with E-state index in [2.05, 4.69) is 10.9 Å². The highest BCUT2D eigenvalue weighted by molar-refractivity contribution is 5.93. The molecule has 0 atom stereocenters. The third-order valence-electron chi connectivity index (χ3n) is 1.73. The monoisotopic (exact) mass is 190 g/mol. The third-order valence-corrected chi connectivity index (χ3v) is 1.73. The minimum absolute atomic E-state index is 0.102. The highest BCUT2D eigenvalue weighted by atomic mass is 16.2. The minimum atomic E-state index is -0.371. The molecule has 0 fully saturated rings. The van der Waals surface area contributed by atoms with E-state index in [0.29, 0.717) is 0 Å². The lowest BCUT2D eigenvalue weighted by Gasteiger charge is -2.12. The van der Waals surface area contributed by atoms with Gasteiger partial charge in [-0.05, 0) is 0 Å². The lowest BCUT2D eigenvalue weighted by molar-refractivity contribution is 0.0811. The predicted molar refractivity (Wildman–Crippen MR) is 52.9 cm³/mol. The van der Waals surface area contributed by atoms with Crippen LogP contribution in [0.2, 0.25) is 0 Å². The predicted octanol–water partition coefficient (Wildman–Crippen LogP) is 0.0801. The minimum Gasteiger partial charge on any atom is -0.367 e. The topological polar surface area (TPSA) is 53.2 Å². The molecule has 0 unspecified atom stereocenters. The summed E-state index contributed by atoms with van der Waals surface area (Å²) in [6, 6.07) is 1.30.